The molecule has 0 spiro atoms. The third kappa shape index (κ3) is 4.82. The van der Waals surface area contributed by atoms with Crippen LogP contribution in [0.1, 0.15) is 40.0 Å². The SMILES string of the molecule is CCC(CC)O[C@H]1C=C(C(=O)OC)C[C@H](N)[C@H]1NC(C)=O. The average molecular weight is 298 g/mol. The highest BCUT2D eigenvalue weighted by atomic mass is 16.5. The number of ether oxygens (including phenoxy) is 2. The van der Waals surface area contributed by atoms with Crippen LogP contribution in [0.4, 0.5) is 0 Å². The van der Waals surface area contributed by atoms with Gasteiger partial charge in [0.15, 0.2) is 0 Å². The number of nitrogens with two attached hydrogens (primary N) is 1. The molecule has 0 heterocycles. The third-order valence-electron chi connectivity index (χ3n) is 3.71. The summed E-state index contributed by atoms with van der Waals surface area (Å²) < 4.78 is 10.8. The van der Waals surface area contributed by atoms with Gasteiger partial charge in [-0.1, -0.05) is 13.8 Å². The first-order valence-electron chi connectivity index (χ1n) is 7.40. The molecule has 0 radical (unpaired) electrons. The van der Waals surface area contributed by atoms with Gasteiger partial charge in [-0.15, -0.1) is 0 Å². The van der Waals surface area contributed by atoms with Crippen LogP contribution >= 0.6 is 0 Å². The molecule has 0 aliphatic heterocycles. The molecule has 0 saturated heterocycles. The maximum Gasteiger partial charge on any atom is 0.333 e. The Morgan fingerprint density at radius 1 is 1.43 bits per heavy atom. The summed E-state index contributed by atoms with van der Waals surface area (Å²) in [6, 6.07) is -0.719. The zero-order chi connectivity index (χ0) is 16.0. The van der Waals surface area contributed by atoms with Crippen LogP contribution in [0.2, 0.25) is 0 Å². The maximum atomic E-state index is 11.7. The first-order chi connectivity index (χ1) is 9.92. The van der Waals surface area contributed by atoms with Crippen LogP contribution < -0.4 is 11.1 Å². The van der Waals surface area contributed by atoms with Gasteiger partial charge in [0, 0.05) is 18.5 Å². The second-order valence-electron chi connectivity index (χ2n) is 5.32. The van der Waals surface area contributed by atoms with Gasteiger partial charge in [-0.2, -0.15) is 0 Å². The van der Waals surface area contributed by atoms with E-state index in [-0.39, 0.29) is 24.1 Å². The molecule has 1 aliphatic carbocycles. The summed E-state index contributed by atoms with van der Waals surface area (Å²) in [5.74, 6) is -0.562. The Morgan fingerprint density at radius 2 is 2.05 bits per heavy atom. The van der Waals surface area contributed by atoms with E-state index in [1.54, 1.807) is 6.08 Å². The van der Waals surface area contributed by atoms with Gasteiger partial charge in [0.1, 0.15) is 0 Å². The predicted octanol–water partition coefficient (Wildman–Crippen LogP) is 0.895. The molecule has 0 bridgehead atoms. The molecule has 1 rings (SSSR count). The fourth-order valence-corrected chi connectivity index (χ4v) is 2.53. The molecule has 0 saturated carbocycles. The molecule has 3 N–H and O–H groups in total. The van der Waals surface area contributed by atoms with E-state index in [1.807, 2.05) is 13.8 Å². The molecule has 1 amide bonds. The monoisotopic (exact) mass is 298 g/mol. The fourth-order valence-electron chi connectivity index (χ4n) is 2.53. The Bertz CT molecular complexity index is 404. The van der Waals surface area contributed by atoms with Crippen molar-refractivity contribution >= 4 is 11.9 Å². The summed E-state index contributed by atoms with van der Waals surface area (Å²) in [4.78, 5) is 23.1. The van der Waals surface area contributed by atoms with E-state index in [0.29, 0.717) is 12.0 Å². The second-order valence-corrected chi connectivity index (χ2v) is 5.32. The normalized spacial score (nSPS) is 25.4. The molecular weight excluding hydrogens is 272 g/mol. The van der Waals surface area contributed by atoms with Crippen molar-refractivity contribution in [2.24, 2.45) is 5.73 Å². The quantitative estimate of drug-likeness (QED) is 0.711. The Balaban J connectivity index is 2.99. The molecule has 0 aromatic rings. The Labute approximate surface area is 126 Å². The lowest BCUT2D eigenvalue weighted by molar-refractivity contribution is -0.136. The first kappa shape index (κ1) is 17.7. The van der Waals surface area contributed by atoms with Crippen LogP contribution in [0.5, 0.6) is 0 Å². The number of esters is 1. The van der Waals surface area contributed by atoms with E-state index >= 15 is 0 Å². The van der Waals surface area contributed by atoms with E-state index < -0.39 is 12.1 Å². The molecule has 0 aromatic carbocycles. The minimum absolute atomic E-state index is 0.0618. The largest absolute Gasteiger partial charge is 0.466 e. The summed E-state index contributed by atoms with van der Waals surface area (Å²) >= 11 is 0. The standard InChI is InChI=1S/C15H26N2O4/c1-5-11(6-2)21-13-8-10(15(19)20-4)7-12(16)14(13)17-9(3)18/h8,11-14H,5-7,16H2,1-4H3,(H,17,18)/t12-,13-,14+/m0/s1. The number of rotatable bonds is 6. The van der Waals surface area contributed by atoms with Crippen molar-refractivity contribution in [3.63, 3.8) is 0 Å². The topological polar surface area (TPSA) is 90.7 Å². The molecule has 6 heteroatoms. The zero-order valence-electron chi connectivity index (χ0n) is 13.2. The van der Waals surface area contributed by atoms with Crippen molar-refractivity contribution in [1.29, 1.82) is 0 Å². The van der Waals surface area contributed by atoms with Gasteiger partial charge in [0.25, 0.3) is 0 Å². The maximum absolute atomic E-state index is 11.7. The Morgan fingerprint density at radius 3 is 2.52 bits per heavy atom. The van der Waals surface area contributed by atoms with Gasteiger partial charge in [-0.3, -0.25) is 4.79 Å². The number of hydrogen-bond acceptors (Lipinski definition) is 5. The summed E-state index contributed by atoms with van der Waals surface area (Å²) in [6.07, 6.45) is 3.45. The highest BCUT2D eigenvalue weighted by molar-refractivity contribution is 5.89. The molecule has 1 aliphatic rings. The minimum Gasteiger partial charge on any atom is -0.466 e. The summed E-state index contributed by atoms with van der Waals surface area (Å²) in [7, 11) is 1.34. The van der Waals surface area contributed by atoms with Gasteiger partial charge < -0.3 is 20.5 Å². The molecular formula is C15H26N2O4. The lowest BCUT2D eigenvalue weighted by atomic mass is 9.88. The zero-order valence-corrected chi connectivity index (χ0v) is 13.2. The predicted molar refractivity (Wildman–Crippen MR) is 79.5 cm³/mol. The number of carbonyl (C=O) groups excluding carboxylic acids is 2. The van der Waals surface area contributed by atoms with Gasteiger partial charge >= 0.3 is 5.97 Å². The van der Waals surface area contributed by atoms with Crippen molar-refractivity contribution in [2.45, 2.75) is 64.3 Å². The van der Waals surface area contributed by atoms with E-state index in [9.17, 15) is 9.59 Å². The number of carbonyl (C=O) groups is 2. The van der Waals surface area contributed by atoms with Crippen molar-refractivity contribution in [2.75, 3.05) is 7.11 Å². The highest BCUT2D eigenvalue weighted by Gasteiger charge is 2.35. The van der Waals surface area contributed by atoms with E-state index in [4.69, 9.17) is 15.2 Å². The number of nitrogens with one attached hydrogen (secondary N) is 1. The second kappa shape index (κ2) is 8.14. The third-order valence-corrected chi connectivity index (χ3v) is 3.71. The van der Waals surface area contributed by atoms with Crippen LogP contribution in [0.3, 0.4) is 0 Å². The molecule has 0 fully saturated rings. The summed E-state index contributed by atoms with van der Waals surface area (Å²) in [5, 5.41) is 2.83. The van der Waals surface area contributed by atoms with Crippen molar-refractivity contribution in [3.05, 3.63) is 11.6 Å². The highest BCUT2D eigenvalue weighted by Crippen LogP contribution is 2.23. The van der Waals surface area contributed by atoms with Crippen molar-refractivity contribution in [3.8, 4) is 0 Å². The minimum atomic E-state index is -0.420. The number of methoxy groups -OCH3 is 1. The lowest BCUT2D eigenvalue weighted by Crippen LogP contribution is -2.57. The van der Waals surface area contributed by atoms with Crippen LogP contribution in [0, 0.1) is 0 Å². The molecule has 21 heavy (non-hydrogen) atoms. The van der Waals surface area contributed by atoms with Gasteiger partial charge in [-0.05, 0) is 25.3 Å². The average Bonchev–Trinajstić information content (AvgIpc) is 2.46. The molecule has 0 aromatic heterocycles. The van der Waals surface area contributed by atoms with E-state index in [2.05, 4.69) is 5.32 Å². The molecule has 120 valence electrons. The lowest BCUT2D eigenvalue weighted by Gasteiger charge is -2.36. The molecule has 6 nitrogen and oxygen atoms in total. The fraction of sp³-hybridized carbons (Fsp3) is 0.733. The molecule has 0 unspecified atom stereocenters. The Kier molecular flexibility index (Phi) is 6.84. The first-order valence-corrected chi connectivity index (χ1v) is 7.40. The Hall–Kier alpha value is -1.40. The van der Waals surface area contributed by atoms with Gasteiger partial charge in [0.05, 0.1) is 25.4 Å². The van der Waals surface area contributed by atoms with Crippen LogP contribution in [-0.2, 0) is 19.1 Å². The van der Waals surface area contributed by atoms with Gasteiger partial charge in [0.2, 0.25) is 5.91 Å². The smallest absolute Gasteiger partial charge is 0.333 e. The molecule has 3 atom stereocenters. The summed E-state index contributed by atoms with van der Waals surface area (Å²) in [6.45, 7) is 5.52. The number of hydrogen-bond donors (Lipinski definition) is 2. The van der Waals surface area contributed by atoms with Crippen LogP contribution in [-0.4, -0.2) is 43.3 Å². The summed E-state index contributed by atoms with van der Waals surface area (Å²) in [5.41, 5.74) is 6.62. The van der Waals surface area contributed by atoms with Crippen LogP contribution in [0.15, 0.2) is 11.6 Å². The van der Waals surface area contributed by atoms with Crippen molar-refractivity contribution < 1.29 is 19.1 Å². The van der Waals surface area contributed by atoms with Crippen molar-refractivity contribution in [1.82, 2.24) is 5.32 Å². The van der Waals surface area contributed by atoms with Crippen LogP contribution in [0.25, 0.3) is 0 Å². The number of amides is 1. The van der Waals surface area contributed by atoms with Gasteiger partial charge in [-0.25, -0.2) is 4.79 Å². The van der Waals surface area contributed by atoms with E-state index in [0.717, 1.165) is 12.8 Å². The van der Waals surface area contributed by atoms with E-state index in [1.165, 1.54) is 14.0 Å².